The number of nitrogens with one attached hydrogen (secondary N) is 1. The second-order valence-electron chi connectivity index (χ2n) is 12.9. The van der Waals surface area contributed by atoms with Gasteiger partial charge in [-0.05, 0) is 73.6 Å². The van der Waals surface area contributed by atoms with E-state index in [1.54, 1.807) is 0 Å². The Balaban J connectivity index is 1.41. The zero-order valence-corrected chi connectivity index (χ0v) is 25.8. The van der Waals surface area contributed by atoms with Gasteiger partial charge in [0.2, 0.25) is 0 Å². The Kier molecular flexibility index (Phi) is 7.93. The van der Waals surface area contributed by atoms with E-state index in [2.05, 4.69) is 20.3 Å². The maximum absolute atomic E-state index is 16.8. The van der Waals surface area contributed by atoms with Crippen LogP contribution in [0.3, 0.4) is 0 Å². The number of aromatic hydroxyl groups is 1. The number of alkyl halides is 2. The van der Waals surface area contributed by atoms with E-state index in [1.165, 1.54) is 35.4 Å². The molecule has 2 aromatic heterocycles. The van der Waals surface area contributed by atoms with Gasteiger partial charge >= 0.3 is 12.1 Å². The number of nitrogens with zero attached hydrogens (tertiary/aromatic N) is 5. The van der Waals surface area contributed by atoms with Crippen LogP contribution in [0.5, 0.6) is 11.8 Å². The summed E-state index contributed by atoms with van der Waals surface area (Å²) < 4.78 is 71.7. The van der Waals surface area contributed by atoms with Crippen molar-refractivity contribution in [3.8, 4) is 23.0 Å². The first-order chi connectivity index (χ1) is 22.5. The highest BCUT2D eigenvalue weighted by Gasteiger charge is 2.37. The quantitative estimate of drug-likeness (QED) is 0.260. The highest BCUT2D eigenvalue weighted by molar-refractivity contribution is 6.01. The molecule has 6 bridgehead atoms. The summed E-state index contributed by atoms with van der Waals surface area (Å²) in [6.07, 6.45) is 2.65. The Morgan fingerprint density at radius 2 is 1.91 bits per heavy atom. The zero-order chi connectivity index (χ0) is 32.9. The van der Waals surface area contributed by atoms with Gasteiger partial charge in [0.1, 0.15) is 35.3 Å². The molecule has 4 aliphatic rings. The van der Waals surface area contributed by atoms with E-state index < -0.39 is 35.7 Å². The lowest BCUT2D eigenvalue weighted by atomic mass is 9.91. The number of hydrogen-bond acceptors (Lipinski definition) is 9. The molecule has 2 fully saturated rings. The summed E-state index contributed by atoms with van der Waals surface area (Å²) >= 11 is 0. The monoisotopic (exact) mass is 654 g/mol. The van der Waals surface area contributed by atoms with Gasteiger partial charge in [0.05, 0.1) is 24.1 Å². The number of phenols is 1. The number of aromatic nitrogens is 3. The largest absolute Gasteiger partial charge is 0.508 e. The summed E-state index contributed by atoms with van der Waals surface area (Å²) in [6.45, 7) is 2.38. The molecule has 0 aliphatic carbocycles. The molecule has 6 heterocycles. The number of fused-ring (bicyclic) bond motifs is 6. The van der Waals surface area contributed by atoms with Crippen LogP contribution in [0.4, 0.5) is 28.2 Å². The van der Waals surface area contributed by atoms with Crippen molar-refractivity contribution in [3.05, 3.63) is 47.7 Å². The molecule has 2 saturated heterocycles. The Bertz CT molecular complexity index is 1880. The molecule has 248 valence electrons. The fourth-order valence-corrected chi connectivity index (χ4v) is 6.97. The third-order valence-corrected chi connectivity index (χ3v) is 9.10. The predicted octanol–water partition coefficient (Wildman–Crippen LogP) is 5.93. The SMILES string of the molecule is C[C@@]12CCCN(C1)c1nc(OCN3CCCC(F)(F)C3)nc3c(F)c(ncc13)-c1cc(O)cc3ccc(F)c(c13)CCCOC(=O)N2. The molecule has 4 aliphatic heterocycles. The number of pyridine rings is 1. The van der Waals surface area contributed by atoms with Crippen LogP contribution in [0.15, 0.2) is 30.5 Å². The van der Waals surface area contributed by atoms with E-state index >= 15 is 8.78 Å². The number of anilines is 1. The molecule has 2 aromatic carbocycles. The maximum Gasteiger partial charge on any atom is 0.407 e. The standard InChI is InChI=1S/C33H34F4N6O4/c1-32-8-3-11-43(16-32)29-23-15-38-27(26(35)28(23)39-30(40-29)47-18-42-10-4-9-33(36,37)17-42)22-14-20(44)13-19-6-7-24(34)21(25(19)22)5-2-12-46-31(45)41-32/h6-7,13-15,44H,2-5,8-12,16-18H2,1H3,(H,41,45)/t32-/m1/s1. The Morgan fingerprint density at radius 3 is 2.74 bits per heavy atom. The number of likely N-dealkylation sites (tertiary alicyclic amines) is 1. The molecule has 8 rings (SSSR count). The van der Waals surface area contributed by atoms with Gasteiger partial charge in [0.25, 0.3) is 5.92 Å². The van der Waals surface area contributed by atoms with E-state index in [-0.39, 0.29) is 72.1 Å². The molecular formula is C33H34F4N6O4. The molecule has 4 aromatic rings. The molecule has 14 heteroatoms. The van der Waals surface area contributed by atoms with Crippen molar-refractivity contribution in [2.75, 3.05) is 44.4 Å². The van der Waals surface area contributed by atoms with Gasteiger partial charge in [0, 0.05) is 37.8 Å². The first kappa shape index (κ1) is 31.2. The summed E-state index contributed by atoms with van der Waals surface area (Å²) in [5.74, 6) is -4.10. The minimum atomic E-state index is -2.85. The Labute approximate surface area is 267 Å². The van der Waals surface area contributed by atoms with Crippen LogP contribution < -0.4 is 15.0 Å². The first-order valence-corrected chi connectivity index (χ1v) is 15.7. The average molecular weight is 655 g/mol. The van der Waals surface area contributed by atoms with Crippen LogP contribution in [0.25, 0.3) is 32.9 Å². The fraction of sp³-hybridized carbons (Fsp3) is 0.455. The molecule has 1 amide bonds. The minimum absolute atomic E-state index is 0.0180. The lowest BCUT2D eigenvalue weighted by Crippen LogP contribution is -2.57. The van der Waals surface area contributed by atoms with Crippen molar-refractivity contribution in [2.24, 2.45) is 0 Å². The predicted molar refractivity (Wildman–Crippen MR) is 166 cm³/mol. The summed E-state index contributed by atoms with van der Waals surface area (Å²) in [5, 5.41) is 14.6. The van der Waals surface area contributed by atoms with Crippen molar-refractivity contribution in [3.63, 3.8) is 0 Å². The minimum Gasteiger partial charge on any atom is -0.508 e. The number of aryl methyl sites for hydroxylation is 1. The molecular weight excluding hydrogens is 620 g/mol. The van der Waals surface area contributed by atoms with Crippen molar-refractivity contribution >= 4 is 33.6 Å². The smallest absolute Gasteiger partial charge is 0.407 e. The lowest BCUT2D eigenvalue weighted by Gasteiger charge is -2.41. The van der Waals surface area contributed by atoms with E-state index in [9.17, 15) is 18.7 Å². The van der Waals surface area contributed by atoms with E-state index in [1.807, 2.05) is 11.8 Å². The van der Waals surface area contributed by atoms with E-state index in [0.29, 0.717) is 55.5 Å². The summed E-state index contributed by atoms with van der Waals surface area (Å²) in [5.41, 5.74) is -0.639. The first-order valence-electron chi connectivity index (χ1n) is 15.7. The molecule has 0 radical (unpaired) electrons. The van der Waals surface area contributed by atoms with Gasteiger partial charge in [-0.3, -0.25) is 9.88 Å². The van der Waals surface area contributed by atoms with E-state index in [0.717, 1.165) is 0 Å². The van der Waals surface area contributed by atoms with Crippen molar-refractivity contribution < 1.29 is 36.9 Å². The van der Waals surface area contributed by atoms with Crippen LogP contribution in [0.1, 0.15) is 44.6 Å². The van der Waals surface area contributed by atoms with Gasteiger partial charge in [-0.25, -0.2) is 22.4 Å². The van der Waals surface area contributed by atoms with Crippen LogP contribution in [-0.2, 0) is 11.2 Å². The van der Waals surface area contributed by atoms with Gasteiger partial charge in [0.15, 0.2) is 5.82 Å². The molecule has 0 spiro atoms. The normalized spacial score (nSPS) is 21.9. The van der Waals surface area contributed by atoms with Crippen LogP contribution in [0.2, 0.25) is 0 Å². The second kappa shape index (κ2) is 12.0. The fourth-order valence-electron chi connectivity index (χ4n) is 6.97. The molecule has 0 saturated carbocycles. The number of halogens is 4. The van der Waals surface area contributed by atoms with Gasteiger partial charge < -0.3 is 24.8 Å². The Morgan fingerprint density at radius 1 is 1.09 bits per heavy atom. The van der Waals surface area contributed by atoms with Crippen LogP contribution in [0, 0.1) is 11.6 Å². The summed E-state index contributed by atoms with van der Waals surface area (Å²) in [7, 11) is 0. The number of rotatable bonds is 3. The maximum atomic E-state index is 16.8. The number of amides is 1. The van der Waals surface area contributed by atoms with Crippen molar-refractivity contribution in [2.45, 2.75) is 56.9 Å². The number of alkyl carbamates (subject to hydrolysis) is 1. The zero-order valence-electron chi connectivity index (χ0n) is 25.8. The third-order valence-electron chi connectivity index (χ3n) is 9.10. The number of carbonyl (C=O) groups is 1. The number of carbonyl (C=O) groups excluding carboxylic acids is 1. The number of benzene rings is 2. The number of ether oxygens (including phenoxy) is 2. The average Bonchev–Trinajstić information content (AvgIpc) is 3.01. The van der Waals surface area contributed by atoms with E-state index in [4.69, 9.17) is 9.47 Å². The molecule has 1 atom stereocenters. The van der Waals surface area contributed by atoms with Crippen molar-refractivity contribution in [1.29, 1.82) is 0 Å². The number of piperidine rings is 2. The summed E-state index contributed by atoms with van der Waals surface area (Å²) in [6, 6.07) is 5.33. The molecule has 0 unspecified atom stereocenters. The molecule has 47 heavy (non-hydrogen) atoms. The van der Waals surface area contributed by atoms with Gasteiger partial charge in [-0.1, -0.05) is 6.07 Å². The highest BCUT2D eigenvalue weighted by atomic mass is 19.3. The van der Waals surface area contributed by atoms with Gasteiger partial charge in [-0.2, -0.15) is 9.97 Å². The topological polar surface area (TPSA) is 113 Å². The van der Waals surface area contributed by atoms with Crippen LogP contribution >= 0.6 is 0 Å². The summed E-state index contributed by atoms with van der Waals surface area (Å²) in [4.78, 5) is 29.7. The van der Waals surface area contributed by atoms with Crippen LogP contribution in [-0.4, -0.2) is 82.0 Å². The highest BCUT2D eigenvalue weighted by Crippen LogP contribution is 2.40. The second-order valence-corrected chi connectivity index (χ2v) is 12.9. The third kappa shape index (κ3) is 6.18. The Hall–Kier alpha value is -4.46. The lowest BCUT2D eigenvalue weighted by molar-refractivity contribution is -0.0798. The van der Waals surface area contributed by atoms with Gasteiger partial charge in [-0.15, -0.1) is 0 Å². The molecule has 10 nitrogen and oxygen atoms in total. The molecule has 2 N–H and O–H groups in total. The van der Waals surface area contributed by atoms with Crippen molar-refractivity contribution in [1.82, 2.24) is 25.2 Å². The number of phenolic OH excluding ortho intramolecular Hbond substituents is 1. The number of hydrogen-bond donors (Lipinski definition) is 2.